The van der Waals surface area contributed by atoms with Crippen LogP contribution in [0.4, 0.5) is 5.69 Å². The van der Waals surface area contributed by atoms with Crippen molar-refractivity contribution in [3.05, 3.63) is 54.6 Å². The summed E-state index contributed by atoms with van der Waals surface area (Å²) >= 11 is 0. The van der Waals surface area contributed by atoms with Crippen molar-refractivity contribution < 1.29 is 4.42 Å². The summed E-state index contributed by atoms with van der Waals surface area (Å²) in [7, 11) is 0. The maximum absolute atomic E-state index is 5.33. The Morgan fingerprint density at radius 1 is 1.19 bits per heavy atom. The zero-order valence-electron chi connectivity index (χ0n) is 17.8. The number of hydrogen-bond acceptors (Lipinski definition) is 5. The van der Waals surface area contributed by atoms with Gasteiger partial charge in [-0.05, 0) is 44.0 Å². The molecule has 0 atom stereocenters. The number of rotatable bonds is 7. The van der Waals surface area contributed by atoms with E-state index in [1.165, 1.54) is 5.69 Å². The first-order chi connectivity index (χ1) is 14.8. The number of aliphatic imine (C=N–C) groups is 1. The molecule has 0 saturated carbocycles. The summed E-state index contributed by atoms with van der Waals surface area (Å²) < 4.78 is 5.33. The highest BCUT2D eigenvalue weighted by molar-refractivity contribution is 14.0. The summed E-state index contributed by atoms with van der Waals surface area (Å²) in [5.41, 5.74) is 1.30. The fourth-order valence-corrected chi connectivity index (χ4v) is 3.63. The van der Waals surface area contributed by atoms with Crippen LogP contribution in [0.1, 0.15) is 25.6 Å². The van der Waals surface area contributed by atoms with E-state index in [0.29, 0.717) is 30.6 Å². The number of guanidine groups is 1. The molecule has 31 heavy (non-hydrogen) atoms. The first kappa shape index (κ1) is 23.1. The number of hydrogen-bond donors (Lipinski definition) is 3. The lowest BCUT2D eigenvalue weighted by molar-refractivity contribution is 0.461. The van der Waals surface area contributed by atoms with Gasteiger partial charge in [0.2, 0.25) is 5.82 Å². The number of nitrogens with one attached hydrogen (secondary N) is 3. The van der Waals surface area contributed by atoms with Gasteiger partial charge in [-0.1, -0.05) is 18.2 Å². The summed E-state index contributed by atoms with van der Waals surface area (Å²) in [4.78, 5) is 11.6. The third-order valence-corrected chi connectivity index (χ3v) is 5.19. The molecule has 0 amide bonds. The van der Waals surface area contributed by atoms with E-state index >= 15 is 0 Å². The van der Waals surface area contributed by atoms with E-state index in [4.69, 9.17) is 9.41 Å². The third-order valence-electron chi connectivity index (χ3n) is 5.19. The van der Waals surface area contributed by atoms with E-state index < -0.39 is 0 Å². The Labute approximate surface area is 199 Å². The molecule has 0 spiro atoms. The first-order valence-corrected chi connectivity index (χ1v) is 10.6. The van der Waals surface area contributed by atoms with Gasteiger partial charge in [0.25, 0.3) is 0 Å². The Morgan fingerprint density at radius 3 is 2.71 bits per heavy atom. The zero-order chi connectivity index (χ0) is 20.6. The summed E-state index contributed by atoms with van der Waals surface area (Å²) in [6.45, 7) is 5.65. The van der Waals surface area contributed by atoms with Gasteiger partial charge in [0.15, 0.2) is 11.7 Å². The van der Waals surface area contributed by atoms with Crippen LogP contribution in [0.3, 0.4) is 0 Å². The molecule has 0 unspecified atom stereocenters. The predicted molar refractivity (Wildman–Crippen MR) is 134 cm³/mol. The maximum atomic E-state index is 5.33. The van der Waals surface area contributed by atoms with E-state index in [1.54, 1.807) is 6.26 Å². The molecule has 8 nitrogen and oxygen atoms in total. The lowest BCUT2D eigenvalue weighted by atomic mass is 10.0. The monoisotopic (exact) mass is 535 g/mol. The molecule has 3 heterocycles. The van der Waals surface area contributed by atoms with Crippen LogP contribution in [0.15, 0.2) is 58.1 Å². The van der Waals surface area contributed by atoms with Gasteiger partial charge in [-0.25, -0.2) is 4.98 Å². The molecule has 0 aliphatic carbocycles. The number of para-hydroxylation sites is 1. The molecule has 1 aromatic carbocycles. The van der Waals surface area contributed by atoms with E-state index in [2.05, 4.69) is 68.0 Å². The van der Waals surface area contributed by atoms with Gasteiger partial charge >= 0.3 is 0 Å². The lowest BCUT2D eigenvalue weighted by Gasteiger charge is -2.34. The highest BCUT2D eigenvalue weighted by atomic mass is 127. The molecule has 1 fully saturated rings. The highest BCUT2D eigenvalue weighted by Crippen LogP contribution is 2.19. The third kappa shape index (κ3) is 6.46. The second-order valence-corrected chi connectivity index (χ2v) is 7.33. The smallest absolute Gasteiger partial charge is 0.216 e. The summed E-state index contributed by atoms with van der Waals surface area (Å²) in [5, 5.41) is 14.1. The molecule has 1 saturated heterocycles. The maximum Gasteiger partial charge on any atom is 0.216 e. The molecule has 9 heteroatoms. The number of furan rings is 1. The number of anilines is 1. The number of benzene rings is 1. The minimum Gasteiger partial charge on any atom is -0.461 e. The fraction of sp³-hybridized carbons (Fsp3) is 0.409. The molecule has 2 aromatic heterocycles. The average Bonchev–Trinajstić information content (AvgIpc) is 3.47. The van der Waals surface area contributed by atoms with Crippen LogP contribution >= 0.6 is 24.0 Å². The van der Waals surface area contributed by atoms with Gasteiger partial charge in [-0.3, -0.25) is 10.1 Å². The Bertz CT molecular complexity index is 919. The molecular weight excluding hydrogens is 505 g/mol. The van der Waals surface area contributed by atoms with Gasteiger partial charge in [0, 0.05) is 44.3 Å². The molecule has 1 aliphatic rings. The molecule has 4 rings (SSSR count). The highest BCUT2D eigenvalue weighted by Gasteiger charge is 2.20. The van der Waals surface area contributed by atoms with Crippen molar-refractivity contribution in [2.24, 2.45) is 4.99 Å². The van der Waals surface area contributed by atoms with Crippen molar-refractivity contribution in [1.82, 2.24) is 25.8 Å². The molecule has 0 bridgehead atoms. The lowest BCUT2D eigenvalue weighted by Crippen LogP contribution is -2.48. The van der Waals surface area contributed by atoms with Crippen LogP contribution in [-0.2, 0) is 6.42 Å². The van der Waals surface area contributed by atoms with Gasteiger partial charge in [0.1, 0.15) is 5.82 Å². The largest absolute Gasteiger partial charge is 0.461 e. The van der Waals surface area contributed by atoms with Crippen LogP contribution in [0.5, 0.6) is 0 Å². The Kier molecular flexibility index (Phi) is 8.74. The van der Waals surface area contributed by atoms with Crippen LogP contribution in [0, 0.1) is 0 Å². The SMILES string of the molecule is CCNC(=NCCc1nc(-c2ccco2)n[nH]1)NC1CCN(c2ccccc2)CC1.I. The van der Waals surface area contributed by atoms with Crippen molar-refractivity contribution in [3.63, 3.8) is 0 Å². The molecule has 1 aliphatic heterocycles. The Morgan fingerprint density at radius 2 is 2.00 bits per heavy atom. The quantitative estimate of drug-likeness (QED) is 0.244. The minimum absolute atomic E-state index is 0. The standard InChI is InChI=1S/C22H29N7O.HI/c1-2-23-22(24-13-10-20-26-21(28-27-20)19-9-6-16-30-19)25-17-11-14-29(15-12-17)18-7-4-3-5-8-18;/h3-9,16-17H,2,10-15H2,1H3,(H2,23,24,25)(H,26,27,28);1H. The van der Waals surface area contributed by atoms with Crippen LogP contribution in [-0.4, -0.2) is 53.4 Å². The van der Waals surface area contributed by atoms with Crippen molar-refractivity contribution >= 4 is 35.6 Å². The van der Waals surface area contributed by atoms with Crippen molar-refractivity contribution in [2.45, 2.75) is 32.2 Å². The number of piperidine rings is 1. The summed E-state index contributed by atoms with van der Waals surface area (Å²) in [5.74, 6) is 2.91. The van der Waals surface area contributed by atoms with Gasteiger partial charge in [-0.2, -0.15) is 5.10 Å². The Hall–Kier alpha value is -2.56. The molecule has 3 N–H and O–H groups in total. The number of aromatic nitrogens is 3. The van der Waals surface area contributed by atoms with Gasteiger partial charge in [-0.15, -0.1) is 24.0 Å². The minimum atomic E-state index is 0. The summed E-state index contributed by atoms with van der Waals surface area (Å²) in [6, 6.07) is 14.7. The van der Waals surface area contributed by atoms with Crippen molar-refractivity contribution in [1.29, 1.82) is 0 Å². The van der Waals surface area contributed by atoms with Gasteiger partial charge in [0.05, 0.1) is 6.26 Å². The summed E-state index contributed by atoms with van der Waals surface area (Å²) in [6.07, 6.45) is 4.49. The van der Waals surface area contributed by atoms with E-state index in [-0.39, 0.29) is 24.0 Å². The molecule has 0 radical (unpaired) electrons. The fourth-order valence-electron chi connectivity index (χ4n) is 3.63. The molecular formula is C22H30IN7O. The van der Waals surface area contributed by atoms with E-state index in [9.17, 15) is 0 Å². The number of halogens is 1. The second kappa shape index (κ2) is 11.7. The first-order valence-electron chi connectivity index (χ1n) is 10.6. The number of aromatic amines is 1. The number of H-pyrrole nitrogens is 1. The Balaban J connectivity index is 0.00000272. The predicted octanol–water partition coefficient (Wildman–Crippen LogP) is 3.45. The zero-order valence-corrected chi connectivity index (χ0v) is 20.1. The van der Waals surface area contributed by atoms with Crippen LogP contribution in [0.2, 0.25) is 0 Å². The van der Waals surface area contributed by atoms with E-state index in [1.807, 2.05) is 12.1 Å². The average molecular weight is 535 g/mol. The second-order valence-electron chi connectivity index (χ2n) is 7.33. The van der Waals surface area contributed by atoms with Crippen molar-refractivity contribution in [3.8, 4) is 11.6 Å². The van der Waals surface area contributed by atoms with Crippen molar-refractivity contribution in [2.75, 3.05) is 31.1 Å². The van der Waals surface area contributed by atoms with Crippen LogP contribution in [0.25, 0.3) is 11.6 Å². The van der Waals surface area contributed by atoms with Crippen LogP contribution < -0.4 is 15.5 Å². The normalized spacial score (nSPS) is 14.9. The van der Waals surface area contributed by atoms with E-state index in [0.717, 1.165) is 44.3 Å². The topological polar surface area (TPSA) is 94.4 Å². The molecule has 166 valence electrons. The molecule has 3 aromatic rings. The van der Waals surface area contributed by atoms with Gasteiger partial charge < -0.3 is 20.0 Å². The number of nitrogens with zero attached hydrogens (tertiary/aromatic N) is 4.